The van der Waals surface area contributed by atoms with E-state index in [0.717, 1.165) is 0 Å². The molecule has 0 fully saturated rings. The van der Waals surface area contributed by atoms with E-state index in [1.165, 1.54) is 11.8 Å². The maximum atomic E-state index is 12.8. The smallest absolute Gasteiger partial charge is 0.328 e. The number of thioether (sulfide) groups is 2. The second kappa shape index (κ2) is 13.9. The number of sulfonamides is 1. The Bertz CT molecular complexity index is 729. The van der Waals surface area contributed by atoms with Crippen molar-refractivity contribution in [2.24, 2.45) is 0 Å². The van der Waals surface area contributed by atoms with E-state index in [-0.39, 0.29) is 12.4 Å². The summed E-state index contributed by atoms with van der Waals surface area (Å²) in [6.07, 6.45) is 4.52. The van der Waals surface area contributed by atoms with Gasteiger partial charge in [-0.2, -0.15) is 23.5 Å². The number of benzene rings is 1. The summed E-state index contributed by atoms with van der Waals surface area (Å²) >= 11 is 3.07. The third-order valence-electron chi connectivity index (χ3n) is 3.95. The van der Waals surface area contributed by atoms with Crippen molar-refractivity contribution in [3.8, 4) is 0 Å². The second-order valence-electron chi connectivity index (χ2n) is 6.29. The van der Waals surface area contributed by atoms with Gasteiger partial charge in [0.1, 0.15) is 12.1 Å². The minimum absolute atomic E-state index is 0.212. The molecule has 7 nitrogen and oxygen atoms in total. The van der Waals surface area contributed by atoms with Gasteiger partial charge in [-0.05, 0) is 49.3 Å². The molecule has 0 saturated carbocycles. The number of hydrogen-bond donors (Lipinski definition) is 2. The number of amides is 1. The molecule has 1 aromatic carbocycles. The molecule has 0 radical (unpaired) electrons. The fraction of sp³-hybridized carbons (Fsp3) is 0.579. The molecule has 0 heterocycles. The van der Waals surface area contributed by atoms with Crippen molar-refractivity contribution in [1.82, 2.24) is 10.0 Å². The molecule has 0 aromatic heterocycles. The van der Waals surface area contributed by atoms with Crippen molar-refractivity contribution in [2.45, 2.75) is 37.6 Å². The molecule has 0 aliphatic rings. The molecule has 0 saturated heterocycles. The lowest BCUT2D eigenvalue weighted by atomic mass is 10.1. The first kappa shape index (κ1) is 25.8. The first-order valence-corrected chi connectivity index (χ1v) is 13.8. The average Bonchev–Trinajstić information content (AvgIpc) is 2.68. The summed E-state index contributed by atoms with van der Waals surface area (Å²) in [4.78, 5) is 25.0. The van der Waals surface area contributed by atoms with E-state index in [2.05, 4.69) is 10.0 Å². The molecule has 0 spiro atoms. The largest absolute Gasteiger partial charge is 0.464 e. The minimum Gasteiger partial charge on any atom is -0.464 e. The predicted octanol–water partition coefficient (Wildman–Crippen LogP) is 2.03. The highest BCUT2D eigenvalue weighted by Crippen LogP contribution is 2.09. The normalized spacial score (nSPS) is 13.5. The summed E-state index contributed by atoms with van der Waals surface area (Å²) in [6.45, 7) is 1.91. The highest BCUT2D eigenvalue weighted by Gasteiger charge is 2.29. The van der Waals surface area contributed by atoms with E-state index in [9.17, 15) is 18.0 Å². The van der Waals surface area contributed by atoms with Crippen LogP contribution in [0.25, 0.3) is 0 Å². The summed E-state index contributed by atoms with van der Waals surface area (Å²) in [5, 5.41) is 2.67. The molecule has 1 rings (SSSR count). The topological polar surface area (TPSA) is 102 Å². The van der Waals surface area contributed by atoms with Crippen LogP contribution < -0.4 is 10.0 Å². The summed E-state index contributed by atoms with van der Waals surface area (Å²) in [6, 6.07) is 7.01. The number of carbonyl (C=O) groups excluding carboxylic acids is 2. The highest BCUT2D eigenvalue weighted by molar-refractivity contribution is 7.98. The standard InChI is InChI=1S/C19H30N2O5S3/c1-4-26-19(23)17(11-13-28-3)20-18(22)16(10-12-27-2)21-29(24,25)14-15-8-6-5-7-9-15/h5-9,16-17,21H,4,10-14H2,1-3H3,(H,20,22). The van der Waals surface area contributed by atoms with Gasteiger partial charge in [0, 0.05) is 0 Å². The molecule has 164 valence electrons. The predicted molar refractivity (Wildman–Crippen MR) is 121 cm³/mol. The number of carbonyl (C=O) groups is 2. The summed E-state index contributed by atoms with van der Waals surface area (Å²) in [7, 11) is -3.73. The lowest BCUT2D eigenvalue weighted by molar-refractivity contribution is -0.147. The summed E-state index contributed by atoms with van der Waals surface area (Å²) in [5.41, 5.74) is 0.633. The van der Waals surface area contributed by atoms with Gasteiger partial charge in [0.05, 0.1) is 12.4 Å². The Hall–Kier alpha value is -1.23. The molecular formula is C19H30N2O5S3. The van der Waals surface area contributed by atoms with Crippen LogP contribution in [-0.4, -0.2) is 63.0 Å². The Morgan fingerprint density at radius 2 is 1.62 bits per heavy atom. The van der Waals surface area contributed by atoms with E-state index in [1.807, 2.05) is 18.6 Å². The molecule has 0 aliphatic carbocycles. The van der Waals surface area contributed by atoms with Gasteiger partial charge in [0.2, 0.25) is 15.9 Å². The molecule has 10 heteroatoms. The van der Waals surface area contributed by atoms with Gasteiger partial charge < -0.3 is 10.1 Å². The van der Waals surface area contributed by atoms with Crippen molar-refractivity contribution in [1.29, 1.82) is 0 Å². The number of ether oxygens (including phenoxy) is 1. The van der Waals surface area contributed by atoms with Crippen molar-refractivity contribution in [3.63, 3.8) is 0 Å². The lowest BCUT2D eigenvalue weighted by Crippen LogP contribution is -2.52. The van der Waals surface area contributed by atoms with Crippen LogP contribution in [0.1, 0.15) is 25.3 Å². The Labute approximate surface area is 182 Å². The quantitative estimate of drug-likeness (QED) is 0.408. The third-order valence-corrected chi connectivity index (χ3v) is 6.59. The first-order chi connectivity index (χ1) is 13.8. The van der Waals surface area contributed by atoms with Gasteiger partial charge in [-0.3, -0.25) is 4.79 Å². The van der Waals surface area contributed by atoms with Crippen molar-refractivity contribution < 1.29 is 22.7 Å². The number of hydrogen-bond acceptors (Lipinski definition) is 7. The molecule has 29 heavy (non-hydrogen) atoms. The minimum atomic E-state index is -3.73. The first-order valence-electron chi connectivity index (χ1n) is 9.31. The maximum Gasteiger partial charge on any atom is 0.328 e. The van der Waals surface area contributed by atoms with E-state index in [4.69, 9.17) is 4.74 Å². The molecule has 2 N–H and O–H groups in total. The van der Waals surface area contributed by atoms with E-state index in [0.29, 0.717) is 29.9 Å². The zero-order chi connectivity index (χ0) is 21.7. The van der Waals surface area contributed by atoms with Gasteiger partial charge in [-0.25, -0.2) is 17.9 Å². The summed E-state index contributed by atoms with van der Waals surface area (Å²) in [5.74, 6) is 0.0188. The number of esters is 1. The zero-order valence-electron chi connectivity index (χ0n) is 17.1. The Morgan fingerprint density at radius 3 is 2.17 bits per heavy atom. The second-order valence-corrected chi connectivity index (χ2v) is 10.0. The van der Waals surface area contributed by atoms with E-state index in [1.54, 1.807) is 43.0 Å². The van der Waals surface area contributed by atoms with Crippen LogP contribution >= 0.6 is 23.5 Å². The average molecular weight is 463 g/mol. The van der Waals surface area contributed by atoms with Gasteiger partial charge in [-0.1, -0.05) is 30.3 Å². The Balaban J connectivity index is 2.87. The molecular weight excluding hydrogens is 432 g/mol. The van der Waals surface area contributed by atoms with Gasteiger partial charge in [-0.15, -0.1) is 0 Å². The Kier molecular flexibility index (Phi) is 12.4. The number of nitrogens with one attached hydrogen (secondary N) is 2. The molecule has 1 aromatic rings. The maximum absolute atomic E-state index is 12.8. The SMILES string of the molecule is CCOC(=O)C(CCSC)NC(=O)C(CCSC)NS(=O)(=O)Cc1ccccc1. The van der Waals surface area contributed by atoms with Crippen LogP contribution in [-0.2, 0) is 30.1 Å². The van der Waals surface area contributed by atoms with Crippen LogP contribution in [0.3, 0.4) is 0 Å². The lowest BCUT2D eigenvalue weighted by Gasteiger charge is -2.22. The molecule has 0 aliphatic heterocycles. The van der Waals surface area contributed by atoms with Crippen LogP contribution in [0.2, 0.25) is 0 Å². The van der Waals surface area contributed by atoms with Crippen LogP contribution in [0, 0.1) is 0 Å². The van der Waals surface area contributed by atoms with Crippen LogP contribution in [0.4, 0.5) is 0 Å². The fourth-order valence-corrected chi connectivity index (χ4v) is 4.85. The molecule has 0 bridgehead atoms. The molecule has 1 amide bonds. The number of rotatable bonds is 14. The van der Waals surface area contributed by atoms with Crippen LogP contribution in [0.5, 0.6) is 0 Å². The fourth-order valence-electron chi connectivity index (χ4n) is 2.53. The third kappa shape index (κ3) is 10.4. The van der Waals surface area contributed by atoms with Crippen LogP contribution in [0.15, 0.2) is 30.3 Å². The van der Waals surface area contributed by atoms with Crippen molar-refractivity contribution in [3.05, 3.63) is 35.9 Å². The summed E-state index contributed by atoms with van der Waals surface area (Å²) < 4.78 is 32.7. The van der Waals surface area contributed by atoms with Gasteiger partial charge >= 0.3 is 5.97 Å². The van der Waals surface area contributed by atoms with Gasteiger partial charge in [0.15, 0.2) is 0 Å². The van der Waals surface area contributed by atoms with E-state index >= 15 is 0 Å². The van der Waals surface area contributed by atoms with Crippen molar-refractivity contribution in [2.75, 3.05) is 30.6 Å². The van der Waals surface area contributed by atoms with Gasteiger partial charge in [0.25, 0.3) is 0 Å². The molecule has 2 atom stereocenters. The zero-order valence-corrected chi connectivity index (χ0v) is 19.5. The van der Waals surface area contributed by atoms with E-state index < -0.39 is 34.0 Å². The van der Waals surface area contributed by atoms with Crippen molar-refractivity contribution >= 4 is 45.4 Å². The monoisotopic (exact) mass is 462 g/mol. The Morgan fingerprint density at radius 1 is 1.03 bits per heavy atom. The highest BCUT2D eigenvalue weighted by atomic mass is 32.2. The molecule has 2 unspecified atom stereocenters.